The van der Waals surface area contributed by atoms with Gasteiger partial charge in [0.2, 0.25) is 0 Å². The van der Waals surface area contributed by atoms with E-state index in [2.05, 4.69) is 24.5 Å². The molecule has 0 unspecified atom stereocenters. The number of anilines is 1. The van der Waals surface area contributed by atoms with Gasteiger partial charge in [0.1, 0.15) is 0 Å². The van der Waals surface area contributed by atoms with Gasteiger partial charge in [-0.1, -0.05) is 29.8 Å². The van der Waals surface area contributed by atoms with Crippen molar-refractivity contribution in [3.05, 3.63) is 41.4 Å². The van der Waals surface area contributed by atoms with Crippen molar-refractivity contribution >= 4 is 17.3 Å². The van der Waals surface area contributed by atoms with E-state index in [1.807, 2.05) is 25.1 Å². The maximum absolute atomic E-state index is 5.93. The highest BCUT2D eigenvalue weighted by atomic mass is 35.5. The van der Waals surface area contributed by atoms with Gasteiger partial charge in [0.15, 0.2) is 0 Å². The standard InChI is InChI=1S/C12H16ClN/c1-4-14(9-10(2)3)12-7-5-6-11(13)8-12/h5-8H,2,4,9H2,1,3H3. The normalized spacial score (nSPS) is 9.93. The third-order valence-electron chi connectivity index (χ3n) is 2.02. The molecule has 0 N–H and O–H groups in total. The fraction of sp³-hybridized carbons (Fsp3) is 0.333. The molecule has 0 aliphatic carbocycles. The highest BCUT2D eigenvalue weighted by molar-refractivity contribution is 6.30. The van der Waals surface area contributed by atoms with Gasteiger partial charge in [-0.15, -0.1) is 0 Å². The third kappa shape index (κ3) is 3.08. The zero-order valence-electron chi connectivity index (χ0n) is 8.76. The van der Waals surface area contributed by atoms with Crippen LogP contribution in [0.2, 0.25) is 5.02 Å². The minimum atomic E-state index is 0.780. The van der Waals surface area contributed by atoms with Crippen molar-refractivity contribution in [2.24, 2.45) is 0 Å². The first-order valence-corrected chi connectivity index (χ1v) is 5.16. The summed E-state index contributed by atoms with van der Waals surface area (Å²) in [6, 6.07) is 7.91. The molecule has 0 aliphatic rings. The molecule has 1 nitrogen and oxygen atoms in total. The largest absolute Gasteiger partial charge is 0.368 e. The van der Waals surface area contributed by atoms with Crippen LogP contribution in [-0.2, 0) is 0 Å². The van der Waals surface area contributed by atoms with E-state index in [1.54, 1.807) is 0 Å². The lowest BCUT2D eigenvalue weighted by Crippen LogP contribution is -2.24. The first kappa shape index (κ1) is 11.1. The summed E-state index contributed by atoms with van der Waals surface area (Å²) in [5, 5.41) is 0.780. The second kappa shape index (κ2) is 5.06. The Balaban J connectivity index is 2.83. The van der Waals surface area contributed by atoms with Crippen molar-refractivity contribution in [3.63, 3.8) is 0 Å². The molecule has 0 bridgehead atoms. The molecule has 0 fully saturated rings. The Labute approximate surface area is 91.0 Å². The molecule has 0 aliphatic heterocycles. The molecule has 76 valence electrons. The number of hydrogen-bond acceptors (Lipinski definition) is 1. The number of halogens is 1. The Hall–Kier alpha value is -0.950. The van der Waals surface area contributed by atoms with E-state index >= 15 is 0 Å². The predicted molar refractivity (Wildman–Crippen MR) is 64.2 cm³/mol. The van der Waals surface area contributed by atoms with Crippen LogP contribution in [0.4, 0.5) is 5.69 Å². The molecule has 0 heterocycles. The van der Waals surface area contributed by atoms with E-state index in [0.29, 0.717) is 0 Å². The second-order valence-electron chi connectivity index (χ2n) is 3.45. The molecule has 2 heteroatoms. The smallest absolute Gasteiger partial charge is 0.0426 e. The molecule has 0 amide bonds. The number of rotatable bonds is 4. The van der Waals surface area contributed by atoms with Crippen LogP contribution in [0, 0.1) is 0 Å². The highest BCUT2D eigenvalue weighted by Crippen LogP contribution is 2.19. The van der Waals surface area contributed by atoms with E-state index in [4.69, 9.17) is 11.6 Å². The fourth-order valence-corrected chi connectivity index (χ4v) is 1.57. The molecule has 14 heavy (non-hydrogen) atoms. The van der Waals surface area contributed by atoms with Crippen LogP contribution in [0.25, 0.3) is 0 Å². The van der Waals surface area contributed by atoms with Gasteiger partial charge in [0.25, 0.3) is 0 Å². The zero-order valence-corrected chi connectivity index (χ0v) is 9.51. The van der Waals surface area contributed by atoms with Gasteiger partial charge in [-0.3, -0.25) is 0 Å². The predicted octanol–water partition coefficient (Wildman–Crippen LogP) is 3.74. The van der Waals surface area contributed by atoms with E-state index in [1.165, 1.54) is 0 Å². The van der Waals surface area contributed by atoms with Crippen molar-refractivity contribution in [3.8, 4) is 0 Å². The average molecular weight is 210 g/mol. The summed E-state index contributed by atoms with van der Waals surface area (Å²) in [6.07, 6.45) is 0. The van der Waals surface area contributed by atoms with Gasteiger partial charge in [0.05, 0.1) is 0 Å². The summed E-state index contributed by atoms with van der Waals surface area (Å²) < 4.78 is 0. The molecule has 0 saturated carbocycles. The van der Waals surface area contributed by atoms with E-state index in [0.717, 1.165) is 29.4 Å². The monoisotopic (exact) mass is 209 g/mol. The summed E-state index contributed by atoms with van der Waals surface area (Å²) >= 11 is 5.93. The fourth-order valence-electron chi connectivity index (χ4n) is 1.38. The topological polar surface area (TPSA) is 3.24 Å². The Bertz CT molecular complexity index is 320. The number of nitrogens with zero attached hydrogens (tertiary/aromatic N) is 1. The summed E-state index contributed by atoms with van der Waals surface area (Å²) in [6.45, 7) is 9.93. The van der Waals surface area contributed by atoms with Crippen LogP contribution < -0.4 is 4.90 Å². The number of likely N-dealkylation sites (N-methyl/N-ethyl adjacent to an activating group) is 1. The molecule has 0 saturated heterocycles. The molecular weight excluding hydrogens is 194 g/mol. The highest BCUT2D eigenvalue weighted by Gasteiger charge is 2.03. The molecule has 1 aromatic rings. The third-order valence-corrected chi connectivity index (χ3v) is 2.25. The molecule has 0 aromatic heterocycles. The Kier molecular flexibility index (Phi) is 4.02. The van der Waals surface area contributed by atoms with Crippen LogP contribution in [0.5, 0.6) is 0 Å². The zero-order chi connectivity index (χ0) is 10.6. The molecule has 0 radical (unpaired) electrons. The van der Waals surface area contributed by atoms with Crippen molar-refractivity contribution in [1.29, 1.82) is 0 Å². The Morgan fingerprint density at radius 2 is 2.21 bits per heavy atom. The quantitative estimate of drug-likeness (QED) is 0.683. The van der Waals surface area contributed by atoms with Gasteiger partial charge < -0.3 is 4.90 Å². The SMILES string of the molecule is C=C(C)CN(CC)c1cccc(Cl)c1. The first-order valence-electron chi connectivity index (χ1n) is 4.78. The van der Waals surface area contributed by atoms with Gasteiger partial charge in [-0.25, -0.2) is 0 Å². The maximum atomic E-state index is 5.93. The lowest BCUT2D eigenvalue weighted by Gasteiger charge is -2.23. The van der Waals surface area contributed by atoms with Crippen molar-refractivity contribution in [1.82, 2.24) is 0 Å². The van der Waals surface area contributed by atoms with E-state index in [9.17, 15) is 0 Å². The molecular formula is C12H16ClN. The Morgan fingerprint density at radius 1 is 1.50 bits per heavy atom. The van der Waals surface area contributed by atoms with Gasteiger partial charge in [0, 0.05) is 23.8 Å². The van der Waals surface area contributed by atoms with Crippen LogP contribution in [0.3, 0.4) is 0 Å². The summed E-state index contributed by atoms with van der Waals surface area (Å²) in [5.74, 6) is 0. The van der Waals surface area contributed by atoms with Crippen molar-refractivity contribution in [2.75, 3.05) is 18.0 Å². The first-order chi connectivity index (χ1) is 6.63. The molecule has 0 spiro atoms. The van der Waals surface area contributed by atoms with Crippen LogP contribution >= 0.6 is 11.6 Å². The summed E-state index contributed by atoms with van der Waals surface area (Å²) in [7, 11) is 0. The lowest BCUT2D eigenvalue weighted by molar-refractivity contribution is 0.880. The summed E-state index contributed by atoms with van der Waals surface area (Å²) in [5.41, 5.74) is 2.31. The van der Waals surface area contributed by atoms with Gasteiger partial charge in [-0.2, -0.15) is 0 Å². The second-order valence-corrected chi connectivity index (χ2v) is 3.89. The number of benzene rings is 1. The number of hydrogen-bond donors (Lipinski definition) is 0. The Morgan fingerprint density at radius 3 is 2.71 bits per heavy atom. The van der Waals surface area contributed by atoms with Gasteiger partial charge in [-0.05, 0) is 32.0 Å². The van der Waals surface area contributed by atoms with E-state index < -0.39 is 0 Å². The van der Waals surface area contributed by atoms with Crippen LogP contribution in [0.1, 0.15) is 13.8 Å². The minimum Gasteiger partial charge on any atom is -0.368 e. The van der Waals surface area contributed by atoms with Crippen molar-refractivity contribution < 1.29 is 0 Å². The lowest BCUT2D eigenvalue weighted by atomic mass is 10.2. The van der Waals surface area contributed by atoms with Crippen molar-refractivity contribution in [2.45, 2.75) is 13.8 Å². The van der Waals surface area contributed by atoms with Gasteiger partial charge >= 0.3 is 0 Å². The van der Waals surface area contributed by atoms with Crippen LogP contribution in [0.15, 0.2) is 36.4 Å². The maximum Gasteiger partial charge on any atom is 0.0426 e. The average Bonchev–Trinajstić information content (AvgIpc) is 2.14. The molecule has 0 atom stereocenters. The molecule has 1 rings (SSSR count). The summed E-state index contributed by atoms with van der Waals surface area (Å²) in [4.78, 5) is 2.24. The van der Waals surface area contributed by atoms with E-state index in [-0.39, 0.29) is 0 Å². The molecule has 1 aromatic carbocycles. The minimum absolute atomic E-state index is 0.780. The van der Waals surface area contributed by atoms with Crippen LogP contribution in [-0.4, -0.2) is 13.1 Å².